The van der Waals surface area contributed by atoms with Gasteiger partial charge in [0.15, 0.2) is 5.13 Å². The monoisotopic (exact) mass is 282 g/mol. The molecule has 0 aliphatic heterocycles. The van der Waals surface area contributed by atoms with Gasteiger partial charge < -0.3 is 5.73 Å². The molecule has 4 nitrogen and oxygen atoms in total. The SMILES string of the molecule is Nc1ncc(Cc2c(Cl)ccc3nsnc23)s1. The molecule has 0 unspecified atom stereocenters. The summed E-state index contributed by atoms with van der Waals surface area (Å²) in [6.45, 7) is 0. The van der Waals surface area contributed by atoms with Gasteiger partial charge in [-0.25, -0.2) is 4.98 Å². The number of halogens is 1. The predicted octanol–water partition coefficient (Wildman–Crippen LogP) is 2.97. The topological polar surface area (TPSA) is 64.7 Å². The zero-order chi connectivity index (χ0) is 11.8. The number of thiazole rings is 1. The second-order valence-corrected chi connectivity index (χ2v) is 5.58. The first kappa shape index (κ1) is 10.9. The fraction of sp³-hybridized carbons (Fsp3) is 0.100. The molecule has 0 saturated carbocycles. The third kappa shape index (κ3) is 1.99. The van der Waals surface area contributed by atoms with Crippen LogP contribution in [0.4, 0.5) is 5.13 Å². The van der Waals surface area contributed by atoms with E-state index in [4.69, 9.17) is 17.3 Å². The van der Waals surface area contributed by atoms with Crippen LogP contribution < -0.4 is 5.73 Å². The molecule has 0 spiro atoms. The summed E-state index contributed by atoms with van der Waals surface area (Å²) >= 11 is 8.87. The number of nitrogens with two attached hydrogens (primary N) is 1. The van der Waals surface area contributed by atoms with E-state index in [0.29, 0.717) is 16.6 Å². The maximum Gasteiger partial charge on any atom is 0.180 e. The average Bonchev–Trinajstić information content (AvgIpc) is 2.91. The largest absolute Gasteiger partial charge is 0.375 e. The molecule has 86 valence electrons. The minimum absolute atomic E-state index is 0.569. The van der Waals surface area contributed by atoms with Crippen molar-refractivity contribution < 1.29 is 0 Å². The van der Waals surface area contributed by atoms with Gasteiger partial charge in [-0.1, -0.05) is 11.6 Å². The first-order chi connectivity index (χ1) is 8.24. The summed E-state index contributed by atoms with van der Waals surface area (Å²) in [4.78, 5) is 5.10. The molecule has 2 N–H and O–H groups in total. The van der Waals surface area contributed by atoms with Crippen LogP contribution in [0.5, 0.6) is 0 Å². The Morgan fingerprint density at radius 2 is 2.18 bits per heavy atom. The average molecular weight is 283 g/mol. The highest BCUT2D eigenvalue weighted by Gasteiger charge is 2.11. The predicted molar refractivity (Wildman–Crippen MR) is 71.8 cm³/mol. The van der Waals surface area contributed by atoms with Crippen molar-refractivity contribution in [3.8, 4) is 0 Å². The summed E-state index contributed by atoms with van der Waals surface area (Å²) in [5, 5.41) is 1.27. The van der Waals surface area contributed by atoms with Gasteiger partial charge >= 0.3 is 0 Å². The summed E-state index contributed by atoms with van der Waals surface area (Å²) in [6.07, 6.45) is 2.46. The fourth-order valence-electron chi connectivity index (χ4n) is 1.63. The van der Waals surface area contributed by atoms with Crippen molar-refractivity contribution in [1.29, 1.82) is 0 Å². The van der Waals surface area contributed by atoms with Crippen LogP contribution in [0.25, 0.3) is 11.0 Å². The van der Waals surface area contributed by atoms with E-state index < -0.39 is 0 Å². The van der Waals surface area contributed by atoms with Crippen LogP contribution in [0.2, 0.25) is 5.02 Å². The maximum atomic E-state index is 6.21. The summed E-state index contributed by atoms with van der Waals surface area (Å²) in [6, 6.07) is 3.73. The number of nitrogen functional groups attached to an aromatic ring is 1. The van der Waals surface area contributed by atoms with Crippen molar-refractivity contribution in [3.63, 3.8) is 0 Å². The number of aromatic nitrogens is 3. The fourth-order valence-corrected chi connectivity index (χ4v) is 3.10. The first-order valence-electron chi connectivity index (χ1n) is 4.84. The van der Waals surface area contributed by atoms with Crippen LogP contribution in [0.3, 0.4) is 0 Å². The van der Waals surface area contributed by atoms with E-state index in [-0.39, 0.29) is 0 Å². The van der Waals surface area contributed by atoms with Gasteiger partial charge in [0.05, 0.1) is 11.7 Å². The third-order valence-electron chi connectivity index (χ3n) is 2.40. The maximum absolute atomic E-state index is 6.21. The second kappa shape index (κ2) is 4.21. The molecule has 1 aromatic carbocycles. The molecule has 0 atom stereocenters. The van der Waals surface area contributed by atoms with E-state index >= 15 is 0 Å². The Labute approximate surface area is 110 Å². The van der Waals surface area contributed by atoms with E-state index in [1.807, 2.05) is 12.1 Å². The smallest absolute Gasteiger partial charge is 0.180 e. The van der Waals surface area contributed by atoms with Gasteiger partial charge in [0.2, 0.25) is 0 Å². The number of fused-ring (bicyclic) bond motifs is 1. The van der Waals surface area contributed by atoms with Crippen molar-refractivity contribution >= 4 is 50.8 Å². The molecule has 2 aromatic heterocycles. The molecule has 2 heterocycles. The molecule has 0 amide bonds. The molecule has 0 saturated heterocycles. The van der Waals surface area contributed by atoms with Crippen molar-refractivity contribution in [2.24, 2.45) is 0 Å². The van der Waals surface area contributed by atoms with Gasteiger partial charge in [-0.05, 0) is 12.1 Å². The number of hydrogen-bond acceptors (Lipinski definition) is 6. The Morgan fingerprint density at radius 3 is 2.94 bits per heavy atom. The standard InChI is InChI=1S/C10H7ClN4S2/c11-7-1-2-8-9(15-17-14-8)6(7)3-5-4-13-10(12)16-5/h1-2,4H,3H2,(H2,12,13). The molecular formula is C10H7ClN4S2. The van der Waals surface area contributed by atoms with Crippen LogP contribution in [-0.4, -0.2) is 13.7 Å². The number of nitrogens with zero attached hydrogens (tertiary/aromatic N) is 3. The Kier molecular flexibility index (Phi) is 2.70. The van der Waals surface area contributed by atoms with Crippen LogP contribution in [0.15, 0.2) is 18.3 Å². The normalized spacial score (nSPS) is 11.1. The molecule has 0 fully saturated rings. The van der Waals surface area contributed by atoms with E-state index in [0.717, 1.165) is 21.5 Å². The van der Waals surface area contributed by atoms with Crippen molar-refractivity contribution in [2.75, 3.05) is 5.73 Å². The van der Waals surface area contributed by atoms with E-state index in [9.17, 15) is 0 Å². The number of benzene rings is 1. The van der Waals surface area contributed by atoms with Gasteiger partial charge in [-0.3, -0.25) is 0 Å². The lowest BCUT2D eigenvalue weighted by atomic mass is 10.1. The van der Waals surface area contributed by atoms with E-state index in [1.54, 1.807) is 6.20 Å². The highest BCUT2D eigenvalue weighted by Crippen LogP contribution is 2.29. The van der Waals surface area contributed by atoms with Crippen molar-refractivity contribution in [3.05, 3.63) is 33.8 Å². The van der Waals surface area contributed by atoms with Crippen LogP contribution in [0, 0.1) is 0 Å². The van der Waals surface area contributed by atoms with Crippen molar-refractivity contribution in [1.82, 2.24) is 13.7 Å². The molecule has 0 aliphatic carbocycles. The minimum atomic E-state index is 0.569. The summed E-state index contributed by atoms with van der Waals surface area (Å²) in [7, 11) is 0. The Balaban J connectivity index is 2.09. The van der Waals surface area contributed by atoms with Crippen molar-refractivity contribution in [2.45, 2.75) is 6.42 Å². The molecule has 0 bridgehead atoms. The highest BCUT2D eigenvalue weighted by atomic mass is 35.5. The Morgan fingerprint density at radius 1 is 1.29 bits per heavy atom. The summed E-state index contributed by atoms with van der Waals surface area (Å²) < 4.78 is 8.48. The Hall–Kier alpha value is -1.24. The lowest BCUT2D eigenvalue weighted by Gasteiger charge is -2.02. The van der Waals surface area contributed by atoms with Gasteiger partial charge in [0, 0.05) is 28.1 Å². The number of anilines is 1. The zero-order valence-electron chi connectivity index (χ0n) is 8.55. The van der Waals surface area contributed by atoms with Crippen LogP contribution >= 0.6 is 34.7 Å². The first-order valence-corrected chi connectivity index (χ1v) is 6.76. The highest BCUT2D eigenvalue weighted by molar-refractivity contribution is 7.15. The van der Waals surface area contributed by atoms with Gasteiger partial charge in [-0.15, -0.1) is 11.3 Å². The lowest BCUT2D eigenvalue weighted by Crippen LogP contribution is -1.89. The quantitative estimate of drug-likeness (QED) is 0.785. The summed E-state index contributed by atoms with van der Waals surface area (Å²) in [5.74, 6) is 0. The number of hydrogen-bond donors (Lipinski definition) is 1. The molecule has 0 radical (unpaired) electrons. The molecule has 3 aromatic rings. The molecule has 0 aliphatic rings. The molecule has 3 rings (SSSR count). The van der Waals surface area contributed by atoms with Gasteiger partial charge in [-0.2, -0.15) is 8.75 Å². The second-order valence-electron chi connectivity index (χ2n) is 3.50. The van der Waals surface area contributed by atoms with E-state index in [2.05, 4.69) is 13.7 Å². The van der Waals surface area contributed by atoms with E-state index in [1.165, 1.54) is 23.1 Å². The van der Waals surface area contributed by atoms with Crippen LogP contribution in [-0.2, 0) is 6.42 Å². The van der Waals surface area contributed by atoms with Crippen LogP contribution in [0.1, 0.15) is 10.4 Å². The van der Waals surface area contributed by atoms with Gasteiger partial charge in [0.25, 0.3) is 0 Å². The molecular weight excluding hydrogens is 276 g/mol. The third-order valence-corrected chi connectivity index (χ3v) is 4.12. The van der Waals surface area contributed by atoms with Gasteiger partial charge in [0.1, 0.15) is 11.0 Å². The molecule has 7 heteroatoms. The Bertz CT molecular complexity index is 676. The molecule has 17 heavy (non-hydrogen) atoms. The zero-order valence-corrected chi connectivity index (χ0v) is 10.9. The summed E-state index contributed by atoms with van der Waals surface area (Å²) in [5.41, 5.74) is 8.35. The lowest BCUT2D eigenvalue weighted by molar-refractivity contribution is 1.23. The minimum Gasteiger partial charge on any atom is -0.375 e. The number of rotatable bonds is 2.